The molecule has 0 saturated carbocycles. The minimum Gasteiger partial charge on any atom is -0.506 e. The zero-order valence-electron chi connectivity index (χ0n) is 21.9. The van der Waals surface area contributed by atoms with Gasteiger partial charge in [-0.2, -0.15) is 0 Å². The Bertz CT molecular complexity index is 1390. The highest BCUT2D eigenvalue weighted by Crippen LogP contribution is 2.37. The molecule has 0 amide bonds. The predicted molar refractivity (Wildman–Crippen MR) is 140 cm³/mol. The Morgan fingerprint density at radius 1 is 1.18 bits per heavy atom. The van der Waals surface area contributed by atoms with Gasteiger partial charge in [0, 0.05) is 6.20 Å². The van der Waals surface area contributed by atoms with Gasteiger partial charge in [0.15, 0.2) is 0 Å². The minimum absolute atomic E-state index is 0.121. The molecule has 0 unspecified atom stereocenters. The SMILES string of the molecule is COc1cccc(O)c1-n1c(NS(=O)(=O)[C@H](C)[C@H](OC(C)C)c2cnc(C)cn2)nnc1[C@H]1C=CCOC1. The number of methoxy groups -OCH3 is 1. The van der Waals surface area contributed by atoms with E-state index in [1.807, 2.05) is 26.0 Å². The summed E-state index contributed by atoms with van der Waals surface area (Å²) < 4.78 is 48.5. The highest BCUT2D eigenvalue weighted by atomic mass is 32.2. The first-order valence-corrected chi connectivity index (χ1v) is 13.7. The number of nitrogens with zero attached hydrogens (tertiary/aromatic N) is 5. The van der Waals surface area contributed by atoms with Gasteiger partial charge < -0.3 is 19.3 Å². The first-order valence-electron chi connectivity index (χ1n) is 12.1. The van der Waals surface area contributed by atoms with Crippen molar-refractivity contribution in [3.63, 3.8) is 0 Å². The summed E-state index contributed by atoms with van der Waals surface area (Å²) in [6.45, 7) is 7.71. The second-order valence-electron chi connectivity index (χ2n) is 9.16. The Morgan fingerprint density at radius 2 is 1.97 bits per heavy atom. The van der Waals surface area contributed by atoms with Gasteiger partial charge in [0.05, 0.1) is 49.9 Å². The molecule has 3 aromatic rings. The quantitative estimate of drug-likeness (QED) is 0.365. The van der Waals surface area contributed by atoms with Crippen molar-refractivity contribution in [1.82, 2.24) is 24.7 Å². The van der Waals surface area contributed by atoms with E-state index in [1.165, 1.54) is 30.9 Å². The second kappa shape index (κ2) is 11.5. The number of phenolic OH excluding ortho intramolecular Hbond substituents is 1. The molecular weight excluding hydrogens is 512 g/mol. The van der Waals surface area contributed by atoms with Crippen LogP contribution in [0.5, 0.6) is 11.5 Å². The third-order valence-corrected chi connectivity index (χ3v) is 7.67. The van der Waals surface area contributed by atoms with E-state index < -0.39 is 21.4 Å². The monoisotopic (exact) mass is 544 g/mol. The van der Waals surface area contributed by atoms with Crippen LogP contribution in [0.4, 0.5) is 5.95 Å². The lowest BCUT2D eigenvalue weighted by Gasteiger charge is -2.26. The van der Waals surface area contributed by atoms with Gasteiger partial charge in [-0.1, -0.05) is 18.2 Å². The number of hydrogen-bond acceptors (Lipinski definition) is 10. The van der Waals surface area contributed by atoms with Gasteiger partial charge in [-0.3, -0.25) is 19.3 Å². The number of hydrogen-bond donors (Lipinski definition) is 2. The number of aromatic nitrogens is 5. The van der Waals surface area contributed by atoms with E-state index in [1.54, 1.807) is 25.3 Å². The zero-order chi connectivity index (χ0) is 27.4. The molecule has 38 heavy (non-hydrogen) atoms. The Kier molecular flexibility index (Phi) is 8.29. The summed E-state index contributed by atoms with van der Waals surface area (Å²) in [6.07, 6.45) is 5.63. The molecule has 2 N–H and O–H groups in total. The molecule has 0 bridgehead atoms. The van der Waals surface area contributed by atoms with Crippen LogP contribution in [-0.4, -0.2) is 69.9 Å². The Hall–Kier alpha value is -3.55. The third-order valence-electron chi connectivity index (χ3n) is 5.98. The van der Waals surface area contributed by atoms with Crippen LogP contribution < -0.4 is 9.46 Å². The van der Waals surface area contributed by atoms with E-state index >= 15 is 0 Å². The summed E-state index contributed by atoms with van der Waals surface area (Å²) in [4.78, 5) is 8.60. The lowest BCUT2D eigenvalue weighted by Crippen LogP contribution is -2.34. The van der Waals surface area contributed by atoms with Gasteiger partial charge in [-0.15, -0.1) is 10.2 Å². The first-order chi connectivity index (χ1) is 18.1. The summed E-state index contributed by atoms with van der Waals surface area (Å²) in [5.74, 6) is 0.0669. The van der Waals surface area contributed by atoms with E-state index in [0.717, 1.165) is 0 Å². The lowest BCUT2D eigenvalue weighted by molar-refractivity contribution is 0.00394. The van der Waals surface area contributed by atoms with E-state index in [2.05, 4.69) is 24.9 Å². The largest absolute Gasteiger partial charge is 0.506 e. The number of aromatic hydroxyl groups is 1. The average molecular weight is 545 g/mol. The van der Waals surface area contributed by atoms with Crippen LogP contribution in [0.1, 0.15) is 50.0 Å². The normalized spacial score (nSPS) is 17.4. The number of sulfonamides is 1. The van der Waals surface area contributed by atoms with Crippen molar-refractivity contribution in [1.29, 1.82) is 0 Å². The van der Waals surface area contributed by atoms with Crippen LogP contribution in [0.3, 0.4) is 0 Å². The maximum atomic E-state index is 13.7. The fraction of sp³-hybridized carbons (Fsp3) is 0.440. The molecule has 3 atom stereocenters. The van der Waals surface area contributed by atoms with Crippen molar-refractivity contribution >= 4 is 16.0 Å². The summed E-state index contributed by atoms with van der Waals surface area (Å²) in [7, 11) is -2.68. The van der Waals surface area contributed by atoms with Crippen LogP contribution in [0.2, 0.25) is 0 Å². The fourth-order valence-corrected chi connectivity index (χ4v) is 5.17. The second-order valence-corrected chi connectivity index (χ2v) is 11.2. The van der Waals surface area contributed by atoms with E-state index in [9.17, 15) is 13.5 Å². The van der Waals surface area contributed by atoms with E-state index in [4.69, 9.17) is 14.2 Å². The number of para-hydroxylation sites is 1. The molecule has 0 aliphatic carbocycles. The maximum absolute atomic E-state index is 13.7. The Morgan fingerprint density at radius 3 is 2.61 bits per heavy atom. The standard InChI is InChI=1S/C25H32N6O6S/c1-15(2)37-23(19-13-26-16(3)12-27-19)17(4)38(33,34)30-25-29-28-24(18-8-7-11-36-14-18)31(25)22-20(32)9-6-10-21(22)35-5/h6-10,12-13,15,17-18,23,32H,11,14H2,1-5H3,(H,29,30)/t17-,18+,23+/m1/s1. The van der Waals surface area contributed by atoms with Crippen molar-refractivity contribution < 1.29 is 27.7 Å². The molecule has 4 rings (SSSR count). The molecule has 2 aromatic heterocycles. The molecule has 1 aromatic carbocycles. The summed E-state index contributed by atoms with van der Waals surface area (Å²) in [5.41, 5.74) is 1.28. The molecule has 1 aliphatic rings. The minimum atomic E-state index is -4.13. The van der Waals surface area contributed by atoms with Crippen molar-refractivity contribution in [2.45, 2.75) is 51.1 Å². The molecule has 0 saturated heterocycles. The topological polar surface area (TPSA) is 151 Å². The fourth-order valence-electron chi connectivity index (χ4n) is 4.07. The number of phenols is 1. The molecule has 0 radical (unpaired) electrons. The first kappa shape index (κ1) is 27.5. The number of rotatable bonds is 10. The number of benzene rings is 1. The van der Waals surface area contributed by atoms with Crippen LogP contribution in [0, 0.1) is 6.92 Å². The van der Waals surface area contributed by atoms with Gasteiger partial charge in [0.2, 0.25) is 16.0 Å². The number of aryl methyl sites for hydroxylation is 1. The smallest absolute Gasteiger partial charge is 0.243 e. The van der Waals surface area contributed by atoms with E-state index in [-0.39, 0.29) is 29.4 Å². The van der Waals surface area contributed by atoms with Gasteiger partial charge >= 0.3 is 0 Å². The molecule has 13 heteroatoms. The van der Waals surface area contributed by atoms with Crippen molar-refractivity contribution in [2.24, 2.45) is 0 Å². The van der Waals surface area contributed by atoms with E-state index in [0.29, 0.717) is 36.2 Å². The molecule has 204 valence electrons. The predicted octanol–water partition coefficient (Wildman–Crippen LogP) is 3.05. The number of anilines is 1. The van der Waals surface area contributed by atoms with Crippen LogP contribution in [0.15, 0.2) is 42.7 Å². The Balaban J connectivity index is 1.78. The number of ether oxygens (including phenoxy) is 3. The maximum Gasteiger partial charge on any atom is 0.243 e. The molecule has 1 aliphatic heterocycles. The highest BCUT2D eigenvalue weighted by Gasteiger charge is 2.36. The summed E-state index contributed by atoms with van der Waals surface area (Å²) >= 11 is 0. The molecular formula is C25H32N6O6S. The number of nitrogens with one attached hydrogen (secondary N) is 1. The average Bonchev–Trinajstić information content (AvgIpc) is 3.29. The molecule has 0 fully saturated rings. The highest BCUT2D eigenvalue weighted by molar-refractivity contribution is 7.93. The van der Waals surface area contributed by atoms with Crippen molar-refractivity contribution in [3.05, 3.63) is 60.0 Å². The van der Waals surface area contributed by atoms with Crippen molar-refractivity contribution in [2.75, 3.05) is 25.0 Å². The molecule has 3 heterocycles. The third kappa shape index (κ3) is 5.79. The zero-order valence-corrected chi connectivity index (χ0v) is 22.7. The summed E-state index contributed by atoms with van der Waals surface area (Å²) in [6, 6.07) is 4.74. The van der Waals surface area contributed by atoms with Gasteiger partial charge in [0.25, 0.3) is 0 Å². The summed E-state index contributed by atoms with van der Waals surface area (Å²) in [5, 5.41) is 18.1. The van der Waals surface area contributed by atoms with Crippen LogP contribution in [-0.2, 0) is 19.5 Å². The van der Waals surface area contributed by atoms with Crippen molar-refractivity contribution in [3.8, 4) is 17.2 Å². The van der Waals surface area contributed by atoms with Gasteiger partial charge in [0.1, 0.15) is 34.4 Å². The van der Waals surface area contributed by atoms with Crippen LogP contribution >= 0.6 is 0 Å². The molecule has 12 nitrogen and oxygen atoms in total. The van der Waals surface area contributed by atoms with Crippen LogP contribution in [0.25, 0.3) is 5.69 Å². The lowest BCUT2D eigenvalue weighted by atomic mass is 10.1. The van der Waals surface area contributed by atoms with Gasteiger partial charge in [-0.25, -0.2) is 8.42 Å². The Labute approximate surface area is 221 Å². The molecule has 0 spiro atoms. The van der Waals surface area contributed by atoms with Gasteiger partial charge in [-0.05, 0) is 39.8 Å².